The molecule has 0 aliphatic rings. The first kappa shape index (κ1) is 10.9. The molecule has 0 amide bonds. The molecular formula is C6H8BrClO3. The predicted molar refractivity (Wildman–Crippen MR) is 45.1 cm³/mol. The molecule has 0 saturated carbocycles. The third kappa shape index (κ3) is 3.72. The topological polar surface area (TPSA) is 43.4 Å². The number of carbonyl (C=O) groups is 2. The van der Waals surface area contributed by atoms with Gasteiger partial charge in [0.2, 0.25) is 0 Å². The average Bonchev–Trinajstić information content (AvgIpc) is 2.02. The van der Waals surface area contributed by atoms with Crippen molar-refractivity contribution in [2.75, 3.05) is 12.5 Å². The molecule has 0 spiro atoms. The number of hydrogen-bond donors (Lipinski definition) is 0. The number of hydrogen-bond acceptors (Lipinski definition) is 3. The molecule has 0 rings (SSSR count). The summed E-state index contributed by atoms with van der Waals surface area (Å²) >= 11 is 8.07. The highest BCUT2D eigenvalue weighted by atomic mass is 79.9. The van der Waals surface area contributed by atoms with Crippen molar-refractivity contribution >= 4 is 39.3 Å². The van der Waals surface area contributed by atoms with E-state index in [0.717, 1.165) is 0 Å². The number of alkyl halides is 2. The Bertz CT molecular complexity index is 160. The Labute approximate surface area is 78.2 Å². The molecule has 0 aromatic rings. The lowest BCUT2D eigenvalue weighted by molar-refractivity contribution is -0.144. The quantitative estimate of drug-likeness (QED) is 0.422. The van der Waals surface area contributed by atoms with Crippen LogP contribution in [0.2, 0.25) is 0 Å². The van der Waals surface area contributed by atoms with Gasteiger partial charge in [-0.1, -0.05) is 15.9 Å². The Morgan fingerprint density at radius 3 is 2.55 bits per heavy atom. The first-order chi connectivity index (χ1) is 5.13. The van der Waals surface area contributed by atoms with E-state index in [4.69, 9.17) is 11.6 Å². The summed E-state index contributed by atoms with van der Waals surface area (Å²) in [6.45, 7) is 1.93. The summed E-state index contributed by atoms with van der Waals surface area (Å²) in [7, 11) is 0. The zero-order valence-corrected chi connectivity index (χ0v) is 8.31. The second kappa shape index (κ2) is 5.55. The van der Waals surface area contributed by atoms with E-state index in [0.29, 0.717) is 0 Å². The molecule has 0 aliphatic carbocycles. The number of esters is 1. The van der Waals surface area contributed by atoms with E-state index < -0.39 is 10.8 Å². The first-order valence-corrected chi connectivity index (χ1v) is 4.47. The first-order valence-electron chi connectivity index (χ1n) is 3.02. The zero-order chi connectivity index (χ0) is 8.85. The Balaban J connectivity index is 3.91. The Hall–Kier alpha value is -0.0900. The van der Waals surface area contributed by atoms with E-state index in [-0.39, 0.29) is 18.3 Å². The van der Waals surface area contributed by atoms with Gasteiger partial charge in [-0.15, -0.1) is 11.6 Å². The number of carbonyl (C=O) groups excluding carboxylic acids is 2. The minimum absolute atomic E-state index is 0.186. The number of ketones is 1. The summed E-state index contributed by atoms with van der Waals surface area (Å²) in [5, 5.41) is 0. The van der Waals surface area contributed by atoms with E-state index in [2.05, 4.69) is 20.7 Å². The molecule has 0 N–H and O–H groups in total. The summed E-state index contributed by atoms with van der Waals surface area (Å²) in [5.41, 5.74) is 0. The van der Waals surface area contributed by atoms with Crippen LogP contribution in [0.4, 0.5) is 0 Å². The maximum atomic E-state index is 10.8. The summed E-state index contributed by atoms with van der Waals surface area (Å²) < 4.78 is 4.56. The van der Waals surface area contributed by atoms with Gasteiger partial charge >= 0.3 is 5.97 Å². The summed E-state index contributed by atoms with van der Waals surface area (Å²) in [6.07, 6.45) is 0. The van der Waals surface area contributed by atoms with Crippen LogP contribution in [0, 0.1) is 0 Å². The van der Waals surface area contributed by atoms with E-state index in [1.165, 1.54) is 0 Å². The molecule has 5 heteroatoms. The van der Waals surface area contributed by atoms with Gasteiger partial charge in [0.05, 0.1) is 12.5 Å². The minimum atomic E-state index is -0.917. The van der Waals surface area contributed by atoms with Crippen molar-refractivity contribution in [1.82, 2.24) is 0 Å². The van der Waals surface area contributed by atoms with Crippen LogP contribution in [0.15, 0.2) is 0 Å². The van der Waals surface area contributed by atoms with Crippen LogP contribution in [0.3, 0.4) is 0 Å². The lowest BCUT2D eigenvalue weighted by Gasteiger charge is -2.04. The van der Waals surface area contributed by atoms with E-state index in [9.17, 15) is 9.59 Å². The van der Waals surface area contributed by atoms with Crippen molar-refractivity contribution in [3.05, 3.63) is 0 Å². The third-order valence-corrected chi connectivity index (χ3v) is 2.06. The molecule has 1 atom stereocenters. The highest BCUT2D eigenvalue weighted by Gasteiger charge is 2.23. The molecule has 3 nitrogen and oxygen atoms in total. The van der Waals surface area contributed by atoms with Crippen LogP contribution in [0.25, 0.3) is 0 Å². The lowest BCUT2D eigenvalue weighted by Crippen LogP contribution is -2.27. The zero-order valence-electron chi connectivity index (χ0n) is 5.97. The molecule has 0 aliphatic heterocycles. The van der Waals surface area contributed by atoms with Gasteiger partial charge in [-0.25, -0.2) is 0 Å². The maximum Gasteiger partial charge on any atom is 0.327 e. The normalized spacial score (nSPS) is 12.3. The number of halogens is 2. The summed E-state index contributed by atoms with van der Waals surface area (Å²) in [5.74, 6) is -1.15. The van der Waals surface area contributed by atoms with Crippen molar-refractivity contribution < 1.29 is 14.3 Å². The molecule has 0 bridgehead atoms. The SMILES string of the molecule is CCOC(=O)[C@H](Br)C(=O)CCl. The van der Waals surface area contributed by atoms with Crippen molar-refractivity contribution in [1.29, 1.82) is 0 Å². The van der Waals surface area contributed by atoms with Gasteiger partial charge in [0, 0.05) is 0 Å². The standard InChI is InChI=1S/C6H8BrClO3/c1-2-11-6(10)5(7)4(9)3-8/h5H,2-3H2,1H3/t5-/m1/s1. The van der Waals surface area contributed by atoms with Gasteiger partial charge in [-0.3, -0.25) is 9.59 Å². The fourth-order valence-electron chi connectivity index (χ4n) is 0.415. The highest BCUT2D eigenvalue weighted by Crippen LogP contribution is 2.04. The fraction of sp³-hybridized carbons (Fsp3) is 0.667. The molecule has 0 aromatic heterocycles. The largest absolute Gasteiger partial charge is 0.465 e. The van der Waals surface area contributed by atoms with Crippen LogP contribution in [-0.4, -0.2) is 29.1 Å². The monoisotopic (exact) mass is 242 g/mol. The maximum absolute atomic E-state index is 10.8. The van der Waals surface area contributed by atoms with Gasteiger partial charge in [-0.05, 0) is 6.92 Å². The Morgan fingerprint density at radius 1 is 1.64 bits per heavy atom. The fourth-order valence-corrected chi connectivity index (χ4v) is 1.05. The van der Waals surface area contributed by atoms with Crippen molar-refractivity contribution in [2.45, 2.75) is 11.8 Å². The number of Topliss-reactive ketones (excluding diaryl/α,β-unsaturated/α-hetero) is 1. The average molecular weight is 243 g/mol. The van der Waals surface area contributed by atoms with Gasteiger partial charge < -0.3 is 4.74 Å². The molecule has 0 fully saturated rings. The van der Waals surface area contributed by atoms with Gasteiger partial charge in [0.25, 0.3) is 0 Å². The lowest BCUT2D eigenvalue weighted by atomic mass is 10.3. The smallest absolute Gasteiger partial charge is 0.327 e. The van der Waals surface area contributed by atoms with Crippen LogP contribution < -0.4 is 0 Å². The molecule has 0 heterocycles. The van der Waals surface area contributed by atoms with E-state index in [1.807, 2.05) is 0 Å². The van der Waals surface area contributed by atoms with E-state index in [1.54, 1.807) is 6.92 Å². The molecule has 0 aromatic carbocycles. The minimum Gasteiger partial charge on any atom is -0.465 e. The molecular weight excluding hydrogens is 235 g/mol. The van der Waals surface area contributed by atoms with Gasteiger partial charge in [0.15, 0.2) is 10.6 Å². The predicted octanol–water partition coefficient (Wildman–Crippen LogP) is 1.12. The number of ether oxygens (including phenoxy) is 1. The van der Waals surface area contributed by atoms with Crippen molar-refractivity contribution in [2.24, 2.45) is 0 Å². The van der Waals surface area contributed by atoms with Crippen LogP contribution in [-0.2, 0) is 14.3 Å². The van der Waals surface area contributed by atoms with Crippen LogP contribution in [0.5, 0.6) is 0 Å². The van der Waals surface area contributed by atoms with Crippen LogP contribution in [0.1, 0.15) is 6.92 Å². The molecule has 0 radical (unpaired) electrons. The van der Waals surface area contributed by atoms with Gasteiger partial charge in [-0.2, -0.15) is 0 Å². The second-order valence-corrected chi connectivity index (χ2v) is 2.90. The molecule has 0 saturated heterocycles. The molecule has 64 valence electrons. The third-order valence-electron chi connectivity index (χ3n) is 0.908. The summed E-state index contributed by atoms with van der Waals surface area (Å²) in [4.78, 5) is 20.6. The van der Waals surface area contributed by atoms with Gasteiger partial charge in [0.1, 0.15) is 0 Å². The second-order valence-electron chi connectivity index (χ2n) is 1.71. The Morgan fingerprint density at radius 2 is 2.18 bits per heavy atom. The number of rotatable bonds is 4. The van der Waals surface area contributed by atoms with E-state index >= 15 is 0 Å². The summed E-state index contributed by atoms with van der Waals surface area (Å²) in [6, 6.07) is 0. The molecule has 0 unspecified atom stereocenters. The highest BCUT2D eigenvalue weighted by molar-refractivity contribution is 9.10. The van der Waals surface area contributed by atoms with Crippen molar-refractivity contribution in [3.63, 3.8) is 0 Å². The van der Waals surface area contributed by atoms with Crippen molar-refractivity contribution in [3.8, 4) is 0 Å². The van der Waals surface area contributed by atoms with Crippen LogP contribution >= 0.6 is 27.5 Å². The Kier molecular flexibility index (Phi) is 5.50. The molecule has 11 heavy (non-hydrogen) atoms.